The third-order valence-corrected chi connectivity index (χ3v) is 3.63. The van der Waals surface area contributed by atoms with Gasteiger partial charge in [0.2, 0.25) is 5.88 Å². The van der Waals surface area contributed by atoms with Crippen LogP contribution in [0.2, 0.25) is 0 Å². The van der Waals surface area contributed by atoms with Gasteiger partial charge in [0.1, 0.15) is 6.04 Å². The van der Waals surface area contributed by atoms with Crippen LogP contribution in [0, 0.1) is 0 Å². The molecule has 3 rings (SSSR count). The molecule has 2 heterocycles. The molecule has 1 N–H and O–H groups in total. The highest BCUT2D eigenvalue weighted by Crippen LogP contribution is 2.29. The zero-order valence-corrected chi connectivity index (χ0v) is 13.6. The molecule has 1 unspecified atom stereocenters. The van der Waals surface area contributed by atoms with Crippen LogP contribution in [0.25, 0.3) is 5.70 Å². The number of anilines is 1. The average Bonchev–Trinajstić information content (AvgIpc) is 3.08. The predicted octanol–water partition coefficient (Wildman–Crippen LogP) is 2.39. The summed E-state index contributed by atoms with van der Waals surface area (Å²) in [5.41, 5.74) is 5.84. The van der Waals surface area contributed by atoms with E-state index in [2.05, 4.69) is 10.4 Å². The number of pyridine rings is 1. The number of ether oxygens (including phenoxy) is 2. The Morgan fingerprint density at radius 1 is 1.25 bits per heavy atom. The maximum Gasteiger partial charge on any atom is 0.329 e. The van der Waals surface area contributed by atoms with Crippen molar-refractivity contribution in [2.45, 2.75) is 13.0 Å². The van der Waals surface area contributed by atoms with E-state index in [9.17, 15) is 4.79 Å². The zero-order chi connectivity index (χ0) is 16.9. The van der Waals surface area contributed by atoms with E-state index in [1.165, 1.54) is 0 Å². The van der Waals surface area contributed by atoms with Crippen LogP contribution in [-0.2, 0) is 9.53 Å². The first-order valence-corrected chi connectivity index (χ1v) is 7.73. The van der Waals surface area contributed by atoms with Crippen LogP contribution in [0.3, 0.4) is 0 Å². The maximum atomic E-state index is 12.1. The quantitative estimate of drug-likeness (QED) is 0.852. The summed E-state index contributed by atoms with van der Waals surface area (Å²) in [6.07, 6.45) is 3.55. The number of nitrogens with zero attached hydrogens (tertiary/aromatic N) is 2. The number of esters is 1. The lowest BCUT2D eigenvalue weighted by molar-refractivity contribution is -0.144. The number of hydrazine groups is 1. The van der Waals surface area contributed by atoms with Crippen molar-refractivity contribution in [2.75, 3.05) is 18.7 Å². The highest BCUT2D eigenvalue weighted by molar-refractivity contribution is 5.89. The van der Waals surface area contributed by atoms with Crippen molar-refractivity contribution in [1.82, 2.24) is 10.4 Å². The molecular weight excluding hydrogens is 306 g/mol. The number of rotatable bonds is 5. The first kappa shape index (κ1) is 16.0. The Bertz CT molecular complexity index is 729. The molecule has 0 saturated heterocycles. The van der Waals surface area contributed by atoms with E-state index in [-0.39, 0.29) is 5.97 Å². The fourth-order valence-electron chi connectivity index (χ4n) is 2.50. The topological polar surface area (TPSA) is 63.7 Å². The third kappa shape index (κ3) is 3.23. The van der Waals surface area contributed by atoms with Crippen LogP contribution in [0.4, 0.5) is 5.69 Å². The van der Waals surface area contributed by atoms with Gasteiger partial charge in [0.15, 0.2) is 0 Å². The van der Waals surface area contributed by atoms with E-state index in [1.54, 1.807) is 26.3 Å². The normalized spacial score (nSPS) is 16.7. The van der Waals surface area contributed by atoms with E-state index in [1.807, 2.05) is 47.5 Å². The van der Waals surface area contributed by atoms with Gasteiger partial charge in [0.25, 0.3) is 0 Å². The van der Waals surface area contributed by atoms with Gasteiger partial charge < -0.3 is 9.47 Å². The molecule has 0 spiro atoms. The van der Waals surface area contributed by atoms with E-state index < -0.39 is 6.04 Å². The fraction of sp³-hybridized carbons (Fsp3) is 0.222. The summed E-state index contributed by atoms with van der Waals surface area (Å²) < 4.78 is 10.2. The Labute approximate surface area is 140 Å². The van der Waals surface area contributed by atoms with Gasteiger partial charge in [-0.2, -0.15) is 0 Å². The minimum absolute atomic E-state index is 0.310. The summed E-state index contributed by atoms with van der Waals surface area (Å²) in [4.78, 5) is 16.3. The van der Waals surface area contributed by atoms with Crippen molar-refractivity contribution in [3.63, 3.8) is 0 Å². The molecule has 0 bridgehead atoms. The first-order chi connectivity index (χ1) is 11.7. The monoisotopic (exact) mass is 325 g/mol. The molecule has 24 heavy (non-hydrogen) atoms. The molecule has 6 heteroatoms. The Kier molecular flexibility index (Phi) is 4.77. The highest BCUT2D eigenvalue weighted by atomic mass is 16.5. The van der Waals surface area contributed by atoms with E-state index in [4.69, 9.17) is 9.47 Å². The van der Waals surface area contributed by atoms with Gasteiger partial charge in [-0.1, -0.05) is 30.3 Å². The smallest absolute Gasteiger partial charge is 0.329 e. The standard InChI is InChI=1S/C18H19N3O3/c1-3-24-18(22)15-11-16(13-7-5-4-6-8-13)21(20-15)14-9-10-17(23-2)19-12-14/h4-12,15,20H,3H2,1-2H3. The van der Waals surface area contributed by atoms with Crippen LogP contribution < -0.4 is 15.2 Å². The maximum absolute atomic E-state index is 12.1. The molecule has 0 amide bonds. The van der Waals surface area contributed by atoms with Crippen molar-refractivity contribution in [3.8, 4) is 5.88 Å². The van der Waals surface area contributed by atoms with Gasteiger partial charge in [0, 0.05) is 6.07 Å². The first-order valence-electron chi connectivity index (χ1n) is 7.73. The van der Waals surface area contributed by atoms with Crippen LogP contribution in [0.15, 0.2) is 54.7 Å². The Morgan fingerprint density at radius 3 is 2.67 bits per heavy atom. The molecule has 0 aliphatic carbocycles. The average molecular weight is 325 g/mol. The molecule has 0 fully saturated rings. The minimum Gasteiger partial charge on any atom is -0.481 e. The number of carbonyl (C=O) groups excluding carboxylic acids is 1. The molecule has 1 aliphatic rings. The lowest BCUT2D eigenvalue weighted by atomic mass is 10.1. The summed E-state index contributed by atoms with van der Waals surface area (Å²) in [5, 5.41) is 1.84. The molecule has 1 atom stereocenters. The second kappa shape index (κ2) is 7.14. The summed E-state index contributed by atoms with van der Waals surface area (Å²) in [6.45, 7) is 2.13. The predicted molar refractivity (Wildman–Crippen MR) is 91.2 cm³/mol. The summed E-state index contributed by atoms with van der Waals surface area (Å²) in [7, 11) is 1.57. The second-order valence-corrected chi connectivity index (χ2v) is 5.17. The SMILES string of the molecule is CCOC(=O)C1C=C(c2ccccc2)N(c2ccc(OC)nc2)N1. The van der Waals surface area contributed by atoms with Crippen molar-refractivity contribution in [2.24, 2.45) is 0 Å². The van der Waals surface area contributed by atoms with E-state index in [0.717, 1.165) is 16.9 Å². The van der Waals surface area contributed by atoms with Crippen molar-refractivity contribution >= 4 is 17.4 Å². The van der Waals surface area contributed by atoms with Crippen molar-refractivity contribution < 1.29 is 14.3 Å². The number of methoxy groups -OCH3 is 1. The molecule has 1 aromatic carbocycles. The van der Waals surface area contributed by atoms with E-state index in [0.29, 0.717) is 12.5 Å². The van der Waals surface area contributed by atoms with Crippen LogP contribution in [0.1, 0.15) is 12.5 Å². The summed E-state index contributed by atoms with van der Waals surface area (Å²) >= 11 is 0. The number of hydrogen-bond donors (Lipinski definition) is 1. The van der Waals surface area contributed by atoms with Crippen molar-refractivity contribution in [1.29, 1.82) is 0 Å². The molecule has 0 radical (unpaired) electrons. The molecule has 1 aliphatic heterocycles. The van der Waals surface area contributed by atoms with Gasteiger partial charge >= 0.3 is 5.97 Å². The largest absolute Gasteiger partial charge is 0.481 e. The van der Waals surface area contributed by atoms with Gasteiger partial charge in [-0.15, -0.1) is 0 Å². The Balaban J connectivity index is 1.94. The number of hydrogen-bond acceptors (Lipinski definition) is 6. The minimum atomic E-state index is -0.540. The molecule has 2 aromatic rings. The van der Waals surface area contributed by atoms with Gasteiger partial charge in [0.05, 0.1) is 31.3 Å². The molecular formula is C18H19N3O3. The Morgan fingerprint density at radius 2 is 2.04 bits per heavy atom. The number of benzene rings is 1. The summed E-state index contributed by atoms with van der Waals surface area (Å²) in [6, 6.07) is 13.0. The van der Waals surface area contributed by atoms with Crippen LogP contribution >= 0.6 is 0 Å². The van der Waals surface area contributed by atoms with Gasteiger partial charge in [-0.05, 0) is 24.6 Å². The Hall–Kier alpha value is -2.86. The second-order valence-electron chi connectivity index (χ2n) is 5.17. The number of aromatic nitrogens is 1. The molecule has 124 valence electrons. The fourth-order valence-corrected chi connectivity index (χ4v) is 2.50. The van der Waals surface area contributed by atoms with Crippen LogP contribution in [0.5, 0.6) is 5.88 Å². The lowest BCUT2D eigenvalue weighted by Crippen LogP contribution is -2.41. The number of nitrogens with one attached hydrogen (secondary N) is 1. The molecule has 0 saturated carbocycles. The molecule has 6 nitrogen and oxygen atoms in total. The lowest BCUT2D eigenvalue weighted by Gasteiger charge is -2.23. The van der Waals surface area contributed by atoms with Crippen LogP contribution in [-0.4, -0.2) is 30.7 Å². The van der Waals surface area contributed by atoms with Gasteiger partial charge in [-0.3, -0.25) is 5.01 Å². The third-order valence-electron chi connectivity index (χ3n) is 3.63. The highest BCUT2D eigenvalue weighted by Gasteiger charge is 2.30. The van der Waals surface area contributed by atoms with E-state index >= 15 is 0 Å². The summed E-state index contributed by atoms with van der Waals surface area (Å²) in [5.74, 6) is 0.222. The molecule has 1 aromatic heterocycles. The van der Waals surface area contributed by atoms with Crippen molar-refractivity contribution in [3.05, 3.63) is 60.3 Å². The van der Waals surface area contributed by atoms with Gasteiger partial charge in [-0.25, -0.2) is 15.2 Å². The number of carbonyl (C=O) groups is 1. The zero-order valence-electron chi connectivity index (χ0n) is 13.6.